The molecule has 1 unspecified atom stereocenters. The molecule has 0 spiro atoms. The molecule has 8 heteroatoms. The Balaban J connectivity index is 1.83. The lowest BCUT2D eigenvalue weighted by atomic mass is 10.0. The van der Waals surface area contributed by atoms with E-state index in [0.29, 0.717) is 17.3 Å². The standard InChI is InChI=1S/C21H22FN3O4/c1-25-8-7-23-21(25)20(14-9-17(27-2)12-18(10-14)28-3)24-19(26)13-29-16-6-4-5-15(22)11-16/h4-12,20H,13H2,1-3H3,(H,24,26). The number of imidazole rings is 1. The largest absolute Gasteiger partial charge is 0.497 e. The first-order valence-electron chi connectivity index (χ1n) is 8.88. The van der Waals surface area contributed by atoms with Crippen LogP contribution in [-0.2, 0) is 11.8 Å². The number of nitrogens with one attached hydrogen (secondary N) is 1. The number of benzene rings is 2. The van der Waals surface area contributed by atoms with E-state index < -0.39 is 11.9 Å². The van der Waals surface area contributed by atoms with E-state index in [0.717, 1.165) is 5.56 Å². The van der Waals surface area contributed by atoms with Crippen molar-refractivity contribution in [3.8, 4) is 17.2 Å². The van der Waals surface area contributed by atoms with Gasteiger partial charge in [0.25, 0.3) is 5.91 Å². The summed E-state index contributed by atoms with van der Waals surface area (Å²) < 4.78 is 31.2. The van der Waals surface area contributed by atoms with Crippen molar-refractivity contribution in [1.29, 1.82) is 0 Å². The van der Waals surface area contributed by atoms with Gasteiger partial charge in [0.1, 0.15) is 34.9 Å². The quantitative estimate of drug-likeness (QED) is 0.631. The van der Waals surface area contributed by atoms with Gasteiger partial charge in [0.2, 0.25) is 0 Å². The molecule has 2 aromatic carbocycles. The van der Waals surface area contributed by atoms with E-state index in [4.69, 9.17) is 14.2 Å². The summed E-state index contributed by atoms with van der Waals surface area (Å²) in [5.74, 6) is 1.25. The van der Waals surface area contributed by atoms with Crippen LogP contribution in [0.1, 0.15) is 17.4 Å². The molecule has 1 atom stereocenters. The molecule has 3 rings (SSSR count). The predicted molar refractivity (Wildman–Crippen MR) is 105 cm³/mol. The smallest absolute Gasteiger partial charge is 0.258 e. The van der Waals surface area contributed by atoms with E-state index in [-0.39, 0.29) is 18.3 Å². The lowest BCUT2D eigenvalue weighted by Crippen LogP contribution is -2.34. The summed E-state index contributed by atoms with van der Waals surface area (Å²) in [4.78, 5) is 16.9. The summed E-state index contributed by atoms with van der Waals surface area (Å²) in [6.45, 7) is -0.272. The molecule has 1 heterocycles. The lowest BCUT2D eigenvalue weighted by molar-refractivity contribution is -0.123. The Morgan fingerprint density at radius 1 is 1.14 bits per heavy atom. The van der Waals surface area contributed by atoms with Gasteiger partial charge in [0, 0.05) is 31.6 Å². The van der Waals surface area contributed by atoms with Crippen LogP contribution < -0.4 is 19.5 Å². The van der Waals surface area contributed by atoms with E-state index in [1.807, 2.05) is 11.6 Å². The summed E-state index contributed by atoms with van der Waals surface area (Å²) in [6.07, 6.45) is 3.43. The van der Waals surface area contributed by atoms with E-state index in [9.17, 15) is 9.18 Å². The number of methoxy groups -OCH3 is 2. The molecule has 7 nitrogen and oxygen atoms in total. The molecule has 0 bridgehead atoms. The fraction of sp³-hybridized carbons (Fsp3) is 0.238. The van der Waals surface area contributed by atoms with Crippen molar-refractivity contribution in [2.24, 2.45) is 7.05 Å². The topological polar surface area (TPSA) is 74.6 Å². The number of aromatic nitrogens is 2. The molecule has 152 valence electrons. The maximum atomic E-state index is 13.3. The minimum absolute atomic E-state index is 0.272. The molecule has 1 N–H and O–H groups in total. The maximum Gasteiger partial charge on any atom is 0.258 e. The van der Waals surface area contributed by atoms with Crippen molar-refractivity contribution in [2.75, 3.05) is 20.8 Å². The lowest BCUT2D eigenvalue weighted by Gasteiger charge is -2.20. The van der Waals surface area contributed by atoms with Crippen LogP contribution >= 0.6 is 0 Å². The van der Waals surface area contributed by atoms with Crippen molar-refractivity contribution in [2.45, 2.75) is 6.04 Å². The first-order chi connectivity index (χ1) is 14.0. The second kappa shape index (κ2) is 9.09. The van der Waals surface area contributed by atoms with E-state index >= 15 is 0 Å². The second-order valence-electron chi connectivity index (χ2n) is 6.29. The highest BCUT2D eigenvalue weighted by atomic mass is 19.1. The molecule has 0 saturated heterocycles. The number of carbonyl (C=O) groups is 1. The van der Waals surface area contributed by atoms with Crippen molar-refractivity contribution >= 4 is 5.91 Å². The third-order valence-electron chi connectivity index (χ3n) is 4.30. The monoisotopic (exact) mass is 399 g/mol. The highest BCUT2D eigenvalue weighted by Gasteiger charge is 2.22. The van der Waals surface area contributed by atoms with Gasteiger partial charge in [0.05, 0.1) is 14.2 Å². The Labute approximate surface area is 168 Å². The van der Waals surface area contributed by atoms with Gasteiger partial charge in [-0.1, -0.05) is 6.07 Å². The van der Waals surface area contributed by atoms with Crippen LogP contribution in [0.25, 0.3) is 0 Å². The zero-order chi connectivity index (χ0) is 20.8. The minimum Gasteiger partial charge on any atom is -0.497 e. The van der Waals surface area contributed by atoms with E-state index in [1.54, 1.807) is 50.9 Å². The van der Waals surface area contributed by atoms with Gasteiger partial charge >= 0.3 is 0 Å². The van der Waals surface area contributed by atoms with Gasteiger partial charge in [-0.3, -0.25) is 4.79 Å². The van der Waals surface area contributed by atoms with Gasteiger partial charge in [-0.2, -0.15) is 0 Å². The van der Waals surface area contributed by atoms with Gasteiger partial charge in [-0.05, 0) is 29.8 Å². The normalized spacial score (nSPS) is 11.6. The fourth-order valence-electron chi connectivity index (χ4n) is 2.86. The number of hydrogen-bond acceptors (Lipinski definition) is 5. The van der Waals surface area contributed by atoms with Gasteiger partial charge in [-0.15, -0.1) is 0 Å². The zero-order valence-corrected chi connectivity index (χ0v) is 16.4. The average molecular weight is 399 g/mol. The van der Waals surface area contributed by atoms with Crippen molar-refractivity contribution in [3.05, 3.63) is 72.1 Å². The van der Waals surface area contributed by atoms with E-state index in [1.165, 1.54) is 18.2 Å². The maximum absolute atomic E-state index is 13.3. The number of rotatable bonds is 8. The number of aryl methyl sites for hydroxylation is 1. The summed E-state index contributed by atoms with van der Waals surface area (Å²) in [5, 5.41) is 2.91. The van der Waals surface area contributed by atoms with Gasteiger partial charge in [0.15, 0.2) is 6.61 Å². The Hall–Kier alpha value is -3.55. The van der Waals surface area contributed by atoms with Crippen LogP contribution in [0, 0.1) is 5.82 Å². The summed E-state index contributed by atoms with van der Waals surface area (Å²) in [6, 6.07) is 10.4. The van der Waals surface area contributed by atoms with Crippen molar-refractivity contribution < 1.29 is 23.4 Å². The van der Waals surface area contributed by atoms with Crippen LogP contribution in [0.4, 0.5) is 4.39 Å². The second-order valence-corrected chi connectivity index (χ2v) is 6.29. The number of nitrogens with zero attached hydrogens (tertiary/aromatic N) is 2. The van der Waals surface area contributed by atoms with Crippen LogP contribution in [-0.4, -0.2) is 36.3 Å². The molecule has 0 aliphatic carbocycles. The van der Waals surface area contributed by atoms with E-state index in [2.05, 4.69) is 10.3 Å². The first kappa shape index (κ1) is 20.2. The SMILES string of the molecule is COc1cc(OC)cc(C(NC(=O)COc2cccc(F)c2)c2nccn2C)c1. The van der Waals surface area contributed by atoms with Crippen molar-refractivity contribution in [3.63, 3.8) is 0 Å². The highest BCUT2D eigenvalue weighted by molar-refractivity contribution is 5.78. The van der Waals surface area contributed by atoms with Crippen molar-refractivity contribution in [1.82, 2.24) is 14.9 Å². The number of carbonyl (C=O) groups excluding carboxylic acids is 1. The zero-order valence-electron chi connectivity index (χ0n) is 16.4. The Morgan fingerprint density at radius 3 is 2.45 bits per heavy atom. The molecule has 0 fully saturated rings. The molecule has 29 heavy (non-hydrogen) atoms. The van der Waals surface area contributed by atoms with Crippen LogP contribution in [0.15, 0.2) is 54.9 Å². The Bertz CT molecular complexity index is 967. The Morgan fingerprint density at radius 2 is 1.86 bits per heavy atom. The molecule has 1 amide bonds. The summed E-state index contributed by atoms with van der Waals surface area (Å²) in [7, 11) is 4.95. The van der Waals surface area contributed by atoms with Crippen LogP contribution in [0.3, 0.4) is 0 Å². The number of ether oxygens (including phenoxy) is 3. The molecular formula is C21H22FN3O4. The number of halogens is 1. The van der Waals surface area contributed by atoms with Gasteiger partial charge in [-0.25, -0.2) is 9.37 Å². The molecule has 3 aromatic rings. The predicted octanol–water partition coefficient (Wildman–Crippen LogP) is 2.86. The Kier molecular flexibility index (Phi) is 6.33. The molecule has 0 radical (unpaired) electrons. The summed E-state index contributed by atoms with van der Waals surface area (Å²) >= 11 is 0. The molecule has 0 aliphatic heterocycles. The third kappa shape index (κ3) is 5.04. The highest BCUT2D eigenvalue weighted by Crippen LogP contribution is 2.29. The minimum atomic E-state index is -0.567. The molecule has 0 saturated carbocycles. The average Bonchev–Trinajstić information content (AvgIpc) is 3.15. The number of amides is 1. The van der Waals surface area contributed by atoms with Gasteiger partial charge < -0.3 is 24.1 Å². The van der Waals surface area contributed by atoms with Crippen LogP contribution in [0.2, 0.25) is 0 Å². The number of hydrogen-bond donors (Lipinski definition) is 1. The third-order valence-corrected chi connectivity index (χ3v) is 4.30. The first-order valence-corrected chi connectivity index (χ1v) is 8.88. The van der Waals surface area contributed by atoms with Crippen LogP contribution in [0.5, 0.6) is 17.2 Å². The molecule has 1 aromatic heterocycles. The summed E-state index contributed by atoms with van der Waals surface area (Å²) in [5.41, 5.74) is 0.731. The molecule has 0 aliphatic rings. The fourth-order valence-corrected chi connectivity index (χ4v) is 2.86. The molecular weight excluding hydrogens is 377 g/mol.